The second-order valence-electron chi connectivity index (χ2n) is 7.11. The van der Waals surface area contributed by atoms with Crippen LogP contribution in [0, 0.1) is 5.92 Å². The van der Waals surface area contributed by atoms with Crippen LogP contribution in [-0.2, 0) is 9.53 Å². The largest absolute Gasteiger partial charge is 0.380 e. The van der Waals surface area contributed by atoms with Gasteiger partial charge in [0.1, 0.15) is 0 Å². The molecule has 24 heavy (non-hydrogen) atoms. The topological polar surface area (TPSA) is 41.6 Å². The number of carbonyl (C=O) groups excluding carboxylic acids is 1. The molecule has 0 aliphatic carbocycles. The van der Waals surface area contributed by atoms with Crippen molar-refractivity contribution in [1.82, 2.24) is 10.2 Å². The monoisotopic (exact) mass is 330 g/mol. The van der Waals surface area contributed by atoms with Gasteiger partial charge in [-0.15, -0.1) is 0 Å². The van der Waals surface area contributed by atoms with E-state index >= 15 is 0 Å². The minimum atomic E-state index is -0.0260. The molecule has 0 unspecified atom stereocenters. The molecule has 2 aliphatic heterocycles. The number of piperidine rings is 1. The highest BCUT2D eigenvalue weighted by atomic mass is 16.5. The number of likely N-dealkylation sites (tertiary alicyclic amines) is 1. The number of benzene rings is 1. The van der Waals surface area contributed by atoms with E-state index in [1.807, 2.05) is 18.2 Å². The molecule has 1 aromatic rings. The lowest BCUT2D eigenvalue weighted by Crippen LogP contribution is -2.44. The van der Waals surface area contributed by atoms with Gasteiger partial charge in [-0.2, -0.15) is 0 Å². The van der Waals surface area contributed by atoms with Crippen LogP contribution in [0.5, 0.6) is 0 Å². The van der Waals surface area contributed by atoms with Gasteiger partial charge in [-0.3, -0.25) is 9.69 Å². The summed E-state index contributed by atoms with van der Waals surface area (Å²) < 4.78 is 5.50. The van der Waals surface area contributed by atoms with Gasteiger partial charge in [0.15, 0.2) is 0 Å². The minimum absolute atomic E-state index is 0.0260. The van der Waals surface area contributed by atoms with Gasteiger partial charge in [0.2, 0.25) is 5.91 Å². The molecule has 1 N–H and O–H groups in total. The average molecular weight is 330 g/mol. The third-order valence-electron chi connectivity index (χ3n) is 5.56. The molecule has 0 saturated carbocycles. The van der Waals surface area contributed by atoms with Crippen LogP contribution in [0.25, 0.3) is 0 Å². The summed E-state index contributed by atoms with van der Waals surface area (Å²) in [7, 11) is 0. The number of hydrogen-bond donors (Lipinski definition) is 1. The molecule has 2 aliphatic rings. The molecule has 2 heterocycles. The first-order valence-corrected chi connectivity index (χ1v) is 9.42. The van der Waals surface area contributed by atoms with Crippen molar-refractivity contribution in [3.05, 3.63) is 35.9 Å². The van der Waals surface area contributed by atoms with E-state index in [0.29, 0.717) is 12.0 Å². The Balaban J connectivity index is 1.43. The van der Waals surface area contributed by atoms with Gasteiger partial charge in [-0.05, 0) is 50.3 Å². The lowest BCUT2D eigenvalue weighted by Gasteiger charge is -2.35. The smallest absolute Gasteiger partial charge is 0.227 e. The Kier molecular flexibility index (Phi) is 6.27. The van der Waals surface area contributed by atoms with Crippen LogP contribution in [0.1, 0.15) is 44.1 Å². The van der Waals surface area contributed by atoms with E-state index < -0.39 is 0 Å². The van der Waals surface area contributed by atoms with Crippen molar-refractivity contribution in [2.75, 3.05) is 32.8 Å². The molecular formula is C20H30N2O2. The fourth-order valence-corrected chi connectivity index (χ4v) is 3.96. The average Bonchev–Trinajstić information content (AvgIpc) is 3.17. The van der Waals surface area contributed by atoms with Gasteiger partial charge in [0.05, 0.1) is 12.5 Å². The normalized spacial score (nSPS) is 24.0. The molecule has 1 aromatic carbocycles. The van der Waals surface area contributed by atoms with Crippen LogP contribution >= 0.6 is 0 Å². The lowest BCUT2D eigenvalue weighted by molar-refractivity contribution is -0.122. The highest BCUT2D eigenvalue weighted by molar-refractivity contribution is 5.83. The molecule has 1 amide bonds. The number of ether oxygens (including phenoxy) is 1. The van der Waals surface area contributed by atoms with E-state index in [2.05, 4.69) is 29.3 Å². The van der Waals surface area contributed by atoms with Crippen LogP contribution in [0.3, 0.4) is 0 Å². The molecule has 4 heteroatoms. The highest BCUT2D eigenvalue weighted by Gasteiger charge is 2.28. The number of nitrogens with zero attached hydrogens (tertiary/aromatic N) is 1. The Hall–Kier alpha value is -1.39. The Morgan fingerprint density at radius 2 is 2.00 bits per heavy atom. The number of rotatable bonds is 6. The van der Waals surface area contributed by atoms with Gasteiger partial charge >= 0.3 is 0 Å². The van der Waals surface area contributed by atoms with Gasteiger partial charge in [0, 0.05) is 19.2 Å². The lowest BCUT2D eigenvalue weighted by atomic mass is 9.93. The van der Waals surface area contributed by atoms with E-state index in [-0.39, 0.29) is 11.8 Å². The van der Waals surface area contributed by atoms with Gasteiger partial charge in [-0.25, -0.2) is 0 Å². The van der Waals surface area contributed by atoms with Crippen molar-refractivity contribution in [2.24, 2.45) is 5.92 Å². The Morgan fingerprint density at radius 1 is 1.25 bits per heavy atom. The minimum Gasteiger partial charge on any atom is -0.380 e. The third-order valence-corrected chi connectivity index (χ3v) is 5.56. The summed E-state index contributed by atoms with van der Waals surface area (Å²) in [5.74, 6) is 0.762. The van der Waals surface area contributed by atoms with E-state index in [1.54, 1.807) is 0 Å². The van der Waals surface area contributed by atoms with Crippen molar-refractivity contribution in [1.29, 1.82) is 0 Å². The summed E-state index contributed by atoms with van der Waals surface area (Å²) in [6, 6.07) is 10.7. The molecule has 0 radical (unpaired) electrons. The van der Waals surface area contributed by atoms with Crippen molar-refractivity contribution < 1.29 is 9.53 Å². The maximum absolute atomic E-state index is 12.6. The molecular weight excluding hydrogens is 300 g/mol. The first kappa shape index (κ1) is 17.4. The zero-order chi connectivity index (χ0) is 16.8. The second kappa shape index (κ2) is 8.63. The maximum Gasteiger partial charge on any atom is 0.227 e. The number of hydrogen-bond acceptors (Lipinski definition) is 3. The maximum atomic E-state index is 12.6. The van der Waals surface area contributed by atoms with Gasteiger partial charge in [0.25, 0.3) is 0 Å². The summed E-state index contributed by atoms with van der Waals surface area (Å²) in [6.07, 6.45) is 4.38. The standard InChI is InChI=1S/C20H30N2O2/c1-2-19(17-6-4-3-5-7-17)20(23)21-14-16-8-11-22(12-9-16)18-10-13-24-15-18/h3-7,16,18-19H,2,8-15H2,1H3,(H,21,23)/t18-,19-/m0/s1. The molecule has 132 valence electrons. The molecule has 3 rings (SSSR count). The summed E-state index contributed by atoms with van der Waals surface area (Å²) in [6.45, 7) is 7.00. The quantitative estimate of drug-likeness (QED) is 0.872. The molecule has 2 fully saturated rings. The fourth-order valence-electron chi connectivity index (χ4n) is 3.96. The van der Waals surface area contributed by atoms with Gasteiger partial charge in [-0.1, -0.05) is 37.3 Å². The predicted octanol–water partition coefficient (Wildman–Crippen LogP) is 2.80. The van der Waals surface area contributed by atoms with Crippen molar-refractivity contribution in [2.45, 2.75) is 44.6 Å². The van der Waals surface area contributed by atoms with Crippen LogP contribution in [-0.4, -0.2) is 49.7 Å². The zero-order valence-electron chi connectivity index (χ0n) is 14.7. The van der Waals surface area contributed by atoms with Crippen molar-refractivity contribution in [3.63, 3.8) is 0 Å². The summed E-state index contributed by atoms with van der Waals surface area (Å²) in [4.78, 5) is 15.1. The Bertz CT molecular complexity index is 506. The highest BCUT2D eigenvalue weighted by Crippen LogP contribution is 2.23. The van der Waals surface area contributed by atoms with E-state index in [4.69, 9.17) is 4.74 Å². The summed E-state index contributed by atoms with van der Waals surface area (Å²) in [5.41, 5.74) is 1.12. The Labute approximate surface area is 145 Å². The second-order valence-corrected chi connectivity index (χ2v) is 7.11. The predicted molar refractivity (Wildman–Crippen MR) is 96.0 cm³/mol. The number of nitrogens with one attached hydrogen (secondary N) is 1. The molecule has 4 nitrogen and oxygen atoms in total. The summed E-state index contributed by atoms with van der Waals surface area (Å²) in [5, 5.41) is 3.20. The van der Waals surface area contributed by atoms with Crippen LogP contribution in [0.4, 0.5) is 0 Å². The van der Waals surface area contributed by atoms with E-state index in [1.165, 1.54) is 19.3 Å². The SMILES string of the molecule is CC[C@H](C(=O)NCC1CCN([C@H]2CCOC2)CC1)c1ccccc1. The first-order valence-electron chi connectivity index (χ1n) is 9.42. The molecule has 0 bridgehead atoms. The molecule has 0 aromatic heterocycles. The third kappa shape index (κ3) is 4.37. The zero-order valence-corrected chi connectivity index (χ0v) is 14.7. The van der Waals surface area contributed by atoms with E-state index in [9.17, 15) is 4.79 Å². The van der Waals surface area contributed by atoms with Crippen LogP contribution in [0.2, 0.25) is 0 Å². The molecule has 0 spiro atoms. The van der Waals surface area contributed by atoms with Crippen LogP contribution < -0.4 is 5.32 Å². The van der Waals surface area contributed by atoms with Gasteiger partial charge < -0.3 is 10.1 Å². The van der Waals surface area contributed by atoms with Crippen molar-refractivity contribution >= 4 is 5.91 Å². The van der Waals surface area contributed by atoms with Crippen molar-refractivity contribution in [3.8, 4) is 0 Å². The van der Waals surface area contributed by atoms with E-state index in [0.717, 1.165) is 44.8 Å². The van der Waals surface area contributed by atoms with Crippen LogP contribution in [0.15, 0.2) is 30.3 Å². The summed E-state index contributed by atoms with van der Waals surface area (Å²) >= 11 is 0. The number of amides is 1. The first-order chi connectivity index (χ1) is 11.8. The number of carbonyl (C=O) groups is 1. The molecule has 2 atom stereocenters. The molecule has 2 saturated heterocycles. The Morgan fingerprint density at radius 3 is 2.62 bits per heavy atom. The fraction of sp³-hybridized carbons (Fsp3) is 0.650.